The molecule has 2 aromatic rings. The second-order valence-corrected chi connectivity index (χ2v) is 7.83. The van der Waals surface area contributed by atoms with Gasteiger partial charge in [-0.2, -0.15) is 0 Å². The molecule has 8 heteroatoms. The number of hydrogen-bond acceptors (Lipinski definition) is 5. The summed E-state index contributed by atoms with van der Waals surface area (Å²) >= 11 is 0. The molecule has 0 aromatic heterocycles. The van der Waals surface area contributed by atoms with E-state index < -0.39 is 17.6 Å². The van der Waals surface area contributed by atoms with Crippen molar-refractivity contribution in [1.29, 1.82) is 0 Å². The number of benzene rings is 2. The van der Waals surface area contributed by atoms with E-state index >= 15 is 0 Å². The van der Waals surface area contributed by atoms with E-state index in [1.165, 1.54) is 31.2 Å². The molecule has 2 heterocycles. The zero-order valence-electron chi connectivity index (χ0n) is 18.1. The monoisotopic (exact) mass is 436 g/mol. The lowest BCUT2D eigenvalue weighted by atomic mass is 10.0. The van der Waals surface area contributed by atoms with E-state index in [-0.39, 0.29) is 5.91 Å². The molecule has 0 bridgehead atoms. The molecule has 2 aliphatic rings. The van der Waals surface area contributed by atoms with Gasteiger partial charge in [0.25, 0.3) is 11.8 Å². The van der Waals surface area contributed by atoms with Crippen molar-refractivity contribution in [2.75, 3.05) is 42.9 Å². The van der Waals surface area contributed by atoms with Gasteiger partial charge in [-0.1, -0.05) is 19.1 Å². The van der Waals surface area contributed by atoms with Crippen LogP contribution in [0.5, 0.6) is 0 Å². The number of amides is 3. The van der Waals surface area contributed by atoms with E-state index in [1.807, 2.05) is 4.90 Å². The average molecular weight is 436 g/mol. The van der Waals surface area contributed by atoms with Gasteiger partial charge in [0.2, 0.25) is 5.91 Å². The van der Waals surface area contributed by atoms with Crippen molar-refractivity contribution in [3.8, 4) is 0 Å². The molecule has 0 saturated carbocycles. The summed E-state index contributed by atoms with van der Waals surface area (Å²) in [4.78, 5) is 43.7. The average Bonchev–Trinajstić information content (AvgIpc) is 3.05. The zero-order chi connectivity index (χ0) is 22.8. The summed E-state index contributed by atoms with van der Waals surface area (Å²) in [5.41, 5.74) is 2.21. The van der Waals surface area contributed by atoms with Crippen LogP contribution >= 0.6 is 0 Å². The fourth-order valence-electron chi connectivity index (χ4n) is 4.11. The maximum absolute atomic E-state index is 13.5. The first-order chi connectivity index (χ1) is 15.4. The molecule has 4 rings (SSSR count). The Labute approximate surface area is 186 Å². The summed E-state index contributed by atoms with van der Waals surface area (Å²) in [5, 5.41) is 2.70. The van der Waals surface area contributed by atoms with Gasteiger partial charge in [-0.3, -0.25) is 14.4 Å². The van der Waals surface area contributed by atoms with Crippen molar-refractivity contribution in [2.45, 2.75) is 13.8 Å². The molecule has 0 spiro atoms. The van der Waals surface area contributed by atoms with Gasteiger partial charge in [0.1, 0.15) is 11.5 Å². The number of piperazine rings is 1. The molecule has 1 N–H and O–H groups in total. The number of carbonyl (C=O) groups is 3. The van der Waals surface area contributed by atoms with Gasteiger partial charge in [-0.05, 0) is 48.5 Å². The lowest BCUT2D eigenvalue weighted by Crippen LogP contribution is -2.47. The van der Waals surface area contributed by atoms with Crippen molar-refractivity contribution < 1.29 is 18.8 Å². The second kappa shape index (κ2) is 8.92. The molecule has 3 amide bonds. The van der Waals surface area contributed by atoms with Gasteiger partial charge in [-0.25, -0.2) is 9.29 Å². The highest BCUT2D eigenvalue weighted by atomic mass is 19.1. The Hall–Kier alpha value is -3.52. The predicted molar refractivity (Wildman–Crippen MR) is 120 cm³/mol. The lowest BCUT2D eigenvalue weighted by Gasteiger charge is -2.36. The molecule has 1 saturated heterocycles. The van der Waals surface area contributed by atoms with Crippen LogP contribution in [0.25, 0.3) is 5.57 Å². The highest BCUT2D eigenvalue weighted by molar-refractivity contribution is 6.45. The summed E-state index contributed by atoms with van der Waals surface area (Å²) < 4.78 is 13.4. The van der Waals surface area contributed by atoms with Gasteiger partial charge >= 0.3 is 0 Å². The summed E-state index contributed by atoms with van der Waals surface area (Å²) in [7, 11) is 0. The third kappa shape index (κ3) is 4.13. The van der Waals surface area contributed by atoms with E-state index in [0.29, 0.717) is 41.3 Å². The lowest BCUT2D eigenvalue weighted by molar-refractivity contribution is -0.121. The number of nitrogens with zero attached hydrogens (tertiary/aromatic N) is 3. The topological polar surface area (TPSA) is 73.0 Å². The molecule has 0 radical (unpaired) electrons. The first-order valence-corrected chi connectivity index (χ1v) is 10.6. The number of nitrogens with one attached hydrogen (secondary N) is 1. The van der Waals surface area contributed by atoms with Crippen molar-refractivity contribution >= 4 is 34.7 Å². The Morgan fingerprint density at radius 1 is 0.938 bits per heavy atom. The molecular formula is C24H25FN4O3. The summed E-state index contributed by atoms with van der Waals surface area (Å²) in [5.74, 6) is -1.49. The number of rotatable bonds is 5. The minimum absolute atomic E-state index is 0.193. The zero-order valence-corrected chi connectivity index (χ0v) is 18.1. The van der Waals surface area contributed by atoms with Crippen LogP contribution < -0.4 is 10.2 Å². The normalized spacial score (nSPS) is 17.3. The second-order valence-electron chi connectivity index (χ2n) is 7.83. The fraction of sp³-hybridized carbons (Fsp3) is 0.292. The van der Waals surface area contributed by atoms with Crippen LogP contribution in [0.15, 0.2) is 54.2 Å². The maximum Gasteiger partial charge on any atom is 0.282 e. The van der Waals surface area contributed by atoms with Gasteiger partial charge in [0.05, 0.1) is 11.3 Å². The molecule has 166 valence electrons. The highest BCUT2D eigenvalue weighted by Gasteiger charge is 2.43. The van der Waals surface area contributed by atoms with Crippen LogP contribution in [0, 0.1) is 5.82 Å². The molecule has 0 unspecified atom stereocenters. The van der Waals surface area contributed by atoms with Crippen LogP contribution in [0.2, 0.25) is 0 Å². The van der Waals surface area contributed by atoms with Gasteiger partial charge in [-0.15, -0.1) is 0 Å². The van der Waals surface area contributed by atoms with E-state index in [9.17, 15) is 18.8 Å². The Morgan fingerprint density at radius 2 is 1.56 bits per heavy atom. The standard InChI is InChI=1S/C24H25FN4O3/c1-3-27-12-14-28(15-13-27)22-21(17-4-8-19(9-5-17)26-16(2)30)23(31)29(24(22)32)20-10-6-18(25)7-11-20/h4-11H,3,12-15H2,1-2H3,(H,26,30). The van der Waals surface area contributed by atoms with Crippen LogP contribution in [0.1, 0.15) is 19.4 Å². The first kappa shape index (κ1) is 21.7. The van der Waals surface area contributed by atoms with Crippen molar-refractivity contribution in [1.82, 2.24) is 9.80 Å². The van der Waals surface area contributed by atoms with Gasteiger partial charge < -0.3 is 15.1 Å². The third-order valence-corrected chi connectivity index (χ3v) is 5.77. The Bertz CT molecular complexity index is 1070. The maximum atomic E-state index is 13.5. The SMILES string of the molecule is CCN1CCN(C2=C(c3ccc(NC(C)=O)cc3)C(=O)N(c3ccc(F)cc3)C2=O)CC1. The summed E-state index contributed by atoms with van der Waals surface area (Å²) in [6.45, 7) is 7.31. The molecule has 0 aliphatic carbocycles. The molecule has 32 heavy (non-hydrogen) atoms. The quantitative estimate of drug-likeness (QED) is 0.730. The van der Waals surface area contributed by atoms with Crippen LogP contribution in [-0.2, 0) is 14.4 Å². The van der Waals surface area contributed by atoms with Crippen LogP contribution in [0.4, 0.5) is 15.8 Å². The number of halogens is 1. The van der Waals surface area contributed by atoms with E-state index in [0.717, 1.165) is 24.5 Å². The Kier molecular flexibility index (Phi) is 6.05. The Balaban J connectivity index is 1.74. The van der Waals surface area contributed by atoms with Gasteiger partial charge in [0.15, 0.2) is 0 Å². The predicted octanol–water partition coefficient (Wildman–Crippen LogP) is 2.71. The van der Waals surface area contributed by atoms with Crippen LogP contribution in [0.3, 0.4) is 0 Å². The number of likely N-dealkylation sites (N-methyl/N-ethyl adjacent to an activating group) is 1. The number of carbonyl (C=O) groups excluding carboxylic acids is 3. The van der Waals surface area contributed by atoms with Crippen LogP contribution in [-0.4, -0.2) is 60.2 Å². The van der Waals surface area contributed by atoms with Gasteiger partial charge in [0, 0.05) is 38.8 Å². The third-order valence-electron chi connectivity index (χ3n) is 5.77. The molecule has 1 fully saturated rings. The number of hydrogen-bond donors (Lipinski definition) is 1. The van der Waals surface area contributed by atoms with Crippen molar-refractivity contribution in [3.05, 3.63) is 65.6 Å². The van der Waals surface area contributed by atoms with E-state index in [2.05, 4.69) is 17.1 Å². The van der Waals surface area contributed by atoms with Crippen molar-refractivity contribution in [2.24, 2.45) is 0 Å². The largest absolute Gasteiger partial charge is 0.364 e. The van der Waals surface area contributed by atoms with Crippen molar-refractivity contribution in [3.63, 3.8) is 0 Å². The Morgan fingerprint density at radius 3 is 2.12 bits per heavy atom. The molecule has 2 aromatic carbocycles. The molecule has 0 atom stereocenters. The smallest absolute Gasteiger partial charge is 0.282 e. The minimum Gasteiger partial charge on any atom is -0.364 e. The summed E-state index contributed by atoms with van der Waals surface area (Å²) in [6, 6.07) is 12.2. The van der Waals surface area contributed by atoms with E-state index in [1.54, 1.807) is 24.3 Å². The fourth-order valence-corrected chi connectivity index (χ4v) is 4.11. The summed E-state index contributed by atoms with van der Waals surface area (Å²) in [6.07, 6.45) is 0. The number of anilines is 2. The molecule has 7 nitrogen and oxygen atoms in total. The number of imide groups is 1. The molecular weight excluding hydrogens is 411 g/mol. The molecule has 2 aliphatic heterocycles. The van der Waals surface area contributed by atoms with E-state index in [4.69, 9.17) is 0 Å². The first-order valence-electron chi connectivity index (χ1n) is 10.6. The minimum atomic E-state index is -0.443. The highest BCUT2D eigenvalue weighted by Crippen LogP contribution is 2.35.